The van der Waals surface area contributed by atoms with Gasteiger partial charge in [-0.3, -0.25) is 5.41 Å². The van der Waals surface area contributed by atoms with Gasteiger partial charge in [0.05, 0.1) is 11.4 Å². The van der Waals surface area contributed by atoms with Crippen molar-refractivity contribution in [2.45, 2.75) is 45.6 Å². The molecule has 176 valence electrons. The lowest BCUT2D eigenvalue weighted by atomic mass is 9.91. The van der Waals surface area contributed by atoms with E-state index >= 15 is 0 Å². The fourth-order valence-electron chi connectivity index (χ4n) is 3.91. The maximum atomic E-state index is 8.09. The van der Waals surface area contributed by atoms with Crippen LogP contribution in [0.1, 0.15) is 50.2 Å². The number of hydrogen-bond acceptors (Lipinski definition) is 5. The second-order valence-corrected chi connectivity index (χ2v) is 8.42. The van der Waals surface area contributed by atoms with Crippen LogP contribution in [0.3, 0.4) is 0 Å². The summed E-state index contributed by atoms with van der Waals surface area (Å²) in [5, 5.41) is 19.9. The minimum atomic E-state index is 0.259. The average molecular weight is 455 g/mol. The summed E-state index contributed by atoms with van der Waals surface area (Å²) in [5.74, 6) is 1.04. The van der Waals surface area contributed by atoms with Crippen LogP contribution in [0.15, 0.2) is 72.5 Å². The van der Waals surface area contributed by atoms with Gasteiger partial charge in [0.25, 0.3) is 0 Å². The molecule has 1 saturated carbocycles. The average Bonchev–Trinajstić information content (AvgIpc) is 3.42. The van der Waals surface area contributed by atoms with Crippen LogP contribution in [0, 0.1) is 23.6 Å². The van der Waals surface area contributed by atoms with Gasteiger partial charge in [-0.05, 0) is 41.8 Å². The number of hydrogen-bond donors (Lipinski definition) is 3. The number of para-hydroxylation sites is 1. The summed E-state index contributed by atoms with van der Waals surface area (Å²) in [7, 11) is 1.71. The molecule has 0 bridgehead atoms. The first-order valence-corrected chi connectivity index (χ1v) is 11.8. The summed E-state index contributed by atoms with van der Waals surface area (Å²) in [5.41, 5.74) is 7.36. The summed E-state index contributed by atoms with van der Waals surface area (Å²) in [6.07, 6.45) is 13.4. The van der Waals surface area contributed by atoms with Crippen LogP contribution in [0.2, 0.25) is 0 Å². The van der Waals surface area contributed by atoms with Crippen LogP contribution in [0.25, 0.3) is 5.69 Å². The SMILES string of the molecule is C=CC(=N)/C(=N\NC)c1ccccc1NCc1ccc(-n2c#ccn2)cc1.CC1CCCCC1. The molecule has 1 aliphatic rings. The van der Waals surface area contributed by atoms with Crippen molar-refractivity contribution in [3.8, 4) is 5.69 Å². The van der Waals surface area contributed by atoms with Gasteiger partial charge in [0.15, 0.2) is 0 Å². The topological polar surface area (TPSA) is 78.1 Å². The van der Waals surface area contributed by atoms with Crippen molar-refractivity contribution in [3.63, 3.8) is 0 Å². The van der Waals surface area contributed by atoms with Crippen LogP contribution >= 0.6 is 0 Å². The first-order valence-electron chi connectivity index (χ1n) is 11.8. The molecule has 0 atom stereocenters. The predicted octanol–water partition coefficient (Wildman–Crippen LogP) is 5.80. The van der Waals surface area contributed by atoms with Crippen LogP contribution in [-0.2, 0) is 6.54 Å². The summed E-state index contributed by atoms with van der Waals surface area (Å²) in [6.45, 7) is 6.68. The lowest BCUT2D eigenvalue weighted by Gasteiger charge is -2.15. The molecule has 2 aromatic carbocycles. The molecule has 1 fully saturated rings. The van der Waals surface area contributed by atoms with E-state index in [1.165, 1.54) is 38.2 Å². The second-order valence-electron chi connectivity index (χ2n) is 8.42. The van der Waals surface area contributed by atoms with Gasteiger partial charge in [-0.25, -0.2) is 0 Å². The lowest BCUT2D eigenvalue weighted by Crippen LogP contribution is -2.18. The molecule has 0 amide bonds. The number of anilines is 1. The number of aromatic nitrogens is 2. The smallest absolute Gasteiger partial charge is 0.117 e. The van der Waals surface area contributed by atoms with E-state index in [-0.39, 0.29) is 5.71 Å². The number of hydrazone groups is 1. The Kier molecular flexibility index (Phi) is 9.48. The van der Waals surface area contributed by atoms with Crippen LogP contribution < -0.4 is 10.7 Å². The first kappa shape index (κ1) is 24.8. The summed E-state index contributed by atoms with van der Waals surface area (Å²) in [6, 6.07) is 18.6. The molecule has 0 aliphatic heterocycles. The fourth-order valence-corrected chi connectivity index (χ4v) is 3.91. The molecule has 1 aromatic heterocycles. The van der Waals surface area contributed by atoms with E-state index in [1.807, 2.05) is 48.5 Å². The monoisotopic (exact) mass is 454 g/mol. The van der Waals surface area contributed by atoms with Crippen LogP contribution in [-0.4, -0.2) is 28.3 Å². The Morgan fingerprint density at radius 1 is 1.18 bits per heavy atom. The van der Waals surface area contributed by atoms with Gasteiger partial charge in [-0.15, -0.1) is 0 Å². The Bertz CT molecular complexity index is 1060. The van der Waals surface area contributed by atoms with Crippen molar-refractivity contribution in [2.24, 2.45) is 11.0 Å². The molecule has 1 heterocycles. The van der Waals surface area contributed by atoms with Crippen LogP contribution in [0.4, 0.5) is 5.69 Å². The van der Waals surface area contributed by atoms with Gasteiger partial charge in [0.1, 0.15) is 11.9 Å². The van der Waals surface area contributed by atoms with E-state index in [2.05, 4.69) is 46.7 Å². The van der Waals surface area contributed by atoms with E-state index in [1.54, 1.807) is 17.9 Å². The number of benzene rings is 2. The number of nitrogens with zero attached hydrogens (tertiary/aromatic N) is 3. The Labute approximate surface area is 203 Å². The molecule has 34 heavy (non-hydrogen) atoms. The van der Waals surface area contributed by atoms with Crippen molar-refractivity contribution >= 4 is 17.1 Å². The molecular formula is C28H34N6. The molecule has 0 radical (unpaired) electrons. The first-order chi connectivity index (χ1) is 16.6. The highest BCUT2D eigenvalue weighted by Gasteiger charge is 2.12. The maximum absolute atomic E-state index is 8.09. The Balaban J connectivity index is 0.000000396. The third-order valence-corrected chi connectivity index (χ3v) is 5.83. The predicted molar refractivity (Wildman–Crippen MR) is 141 cm³/mol. The zero-order valence-electron chi connectivity index (χ0n) is 20.1. The standard InChI is InChI=1S/C21H20N6.C7H14/c1-3-19(22)21(26-23-2)18-7-4-5-8-20(18)24-15-16-9-11-17(12-10-16)27-14-6-13-25-27;1-7-5-3-2-4-6-7/h3-5,7-13,22-24H,1,15H2,2H3;7H,2-6H2,1H3/b22-19?,26-21-;. The molecule has 4 rings (SSSR count). The Morgan fingerprint density at radius 2 is 1.91 bits per heavy atom. The highest BCUT2D eigenvalue weighted by molar-refractivity contribution is 6.51. The minimum absolute atomic E-state index is 0.259. The number of nitrogens with one attached hydrogen (secondary N) is 3. The van der Waals surface area contributed by atoms with Crippen molar-refractivity contribution in [1.82, 2.24) is 15.2 Å². The molecule has 0 unspecified atom stereocenters. The van der Waals surface area contributed by atoms with Gasteiger partial charge >= 0.3 is 0 Å². The van der Waals surface area contributed by atoms with Gasteiger partial charge < -0.3 is 10.7 Å². The van der Waals surface area contributed by atoms with E-state index in [9.17, 15) is 0 Å². The van der Waals surface area contributed by atoms with Gasteiger partial charge in [0, 0.05) is 31.0 Å². The van der Waals surface area contributed by atoms with E-state index in [4.69, 9.17) is 5.41 Å². The zero-order chi connectivity index (χ0) is 24.2. The Hall–Kier alpha value is -3.85. The van der Waals surface area contributed by atoms with Crippen molar-refractivity contribution in [2.75, 3.05) is 12.4 Å². The zero-order valence-corrected chi connectivity index (χ0v) is 20.1. The maximum Gasteiger partial charge on any atom is 0.117 e. The molecule has 0 spiro atoms. The minimum Gasteiger partial charge on any atom is -0.380 e. The molecule has 3 N–H and O–H groups in total. The third kappa shape index (κ3) is 7.08. The largest absolute Gasteiger partial charge is 0.380 e. The molecule has 0 saturated heterocycles. The Morgan fingerprint density at radius 3 is 2.50 bits per heavy atom. The molecule has 6 heteroatoms. The van der Waals surface area contributed by atoms with Crippen LogP contribution in [0.5, 0.6) is 0 Å². The molecular weight excluding hydrogens is 420 g/mol. The summed E-state index contributed by atoms with van der Waals surface area (Å²) >= 11 is 0. The summed E-state index contributed by atoms with van der Waals surface area (Å²) < 4.78 is 1.65. The molecule has 6 nitrogen and oxygen atoms in total. The van der Waals surface area contributed by atoms with Gasteiger partial charge in [-0.2, -0.15) is 14.9 Å². The lowest BCUT2D eigenvalue weighted by molar-refractivity contribution is 0.385. The second kappa shape index (κ2) is 13.0. The number of rotatable bonds is 8. The highest BCUT2D eigenvalue weighted by Crippen LogP contribution is 2.22. The van der Waals surface area contributed by atoms with E-state index < -0.39 is 0 Å². The van der Waals surface area contributed by atoms with Crippen molar-refractivity contribution in [1.29, 1.82) is 5.41 Å². The summed E-state index contributed by atoms with van der Waals surface area (Å²) in [4.78, 5) is 0. The van der Waals surface area contributed by atoms with E-state index in [0.29, 0.717) is 12.3 Å². The van der Waals surface area contributed by atoms with Gasteiger partial charge in [-0.1, -0.05) is 75.9 Å². The molecule has 1 aliphatic carbocycles. The third-order valence-electron chi connectivity index (χ3n) is 5.83. The van der Waals surface area contributed by atoms with E-state index in [0.717, 1.165) is 28.4 Å². The van der Waals surface area contributed by atoms with Crippen molar-refractivity contribution in [3.05, 3.63) is 90.8 Å². The van der Waals surface area contributed by atoms with Crippen molar-refractivity contribution < 1.29 is 0 Å². The molecule has 3 aromatic rings. The highest BCUT2D eigenvalue weighted by atomic mass is 15.3. The quantitative estimate of drug-likeness (QED) is 0.297. The fraction of sp³-hybridized carbons (Fsp3) is 0.321. The van der Waals surface area contributed by atoms with Gasteiger partial charge in [0.2, 0.25) is 0 Å². The number of allylic oxidation sites excluding steroid dienone is 1. The normalized spacial score (nSPS) is 13.8.